The van der Waals surface area contributed by atoms with Crippen molar-refractivity contribution in [2.24, 2.45) is 5.14 Å². The SMILES string of the molecule is CCCCN(C)C(=O)c1cnc(NCCc2ccc(S(N)(=O)=O)cc2)nc1. The van der Waals surface area contributed by atoms with Crippen LogP contribution in [0.4, 0.5) is 5.95 Å². The number of nitrogens with two attached hydrogens (primary N) is 1. The van der Waals surface area contributed by atoms with Gasteiger partial charge in [0, 0.05) is 32.5 Å². The maximum Gasteiger partial charge on any atom is 0.256 e. The zero-order valence-electron chi connectivity index (χ0n) is 15.6. The van der Waals surface area contributed by atoms with Gasteiger partial charge in [0.25, 0.3) is 5.91 Å². The highest BCUT2D eigenvalue weighted by atomic mass is 32.2. The number of carbonyl (C=O) groups excluding carboxylic acids is 1. The molecule has 0 bridgehead atoms. The van der Waals surface area contributed by atoms with E-state index in [1.807, 2.05) is 0 Å². The van der Waals surface area contributed by atoms with Crippen molar-refractivity contribution in [3.05, 3.63) is 47.8 Å². The van der Waals surface area contributed by atoms with Crippen molar-refractivity contribution in [3.8, 4) is 0 Å². The quantitative estimate of drug-likeness (QED) is 0.671. The minimum atomic E-state index is -3.67. The Hall–Kier alpha value is -2.52. The highest BCUT2D eigenvalue weighted by molar-refractivity contribution is 7.89. The third-order valence-electron chi connectivity index (χ3n) is 4.04. The summed E-state index contributed by atoms with van der Waals surface area (Å²) in [6.07, 6.45) is 5.68. The number of carbonyl (C=O) groups is 1. The second-order valence-corrected chi connectivity index (χ2v) is 7.80. The summed E-state index contributed by atoms with van der Waals surface area (Å²) in [7, 11) is -1.90. The molecule has 1 aromatic heterocycles. The van der Waals surface area contributed by atoms with E-state index in [1.165, 1.54) is 24.5 Å². The number of primary sulfonamides is 1. The number of amides is 1. The van der Waals surface area contributed by atoms with E-state index in [2.05, 4.69) is 22.2 Å². The molecule has 146 valence electrons. The van der Waals surface area contributed by atoms with Crippen LogP contribution >= 0.6 is 0 Å². The summed E-state index contributed by atoms with van der Waals surface area (Å²) in [5, 5.41) is 8.15. The highest BCUT2D eigenvalue weighted by Crippen LogP contribution is 2.10. The molecule has 1 heterocycles. The fraction of sp³-hybridized carbons (Fsp3) is 0.389. The largest absolute Gasteiger partial charge is 0.354 e. The number of unbranched alkanes of at least 4 members (excludes halogenated alkanes) is 1. The van der Waals surface area contributed by atoms with Crippen molar-refractivity contribution in [2.45, 2.75) is 31.1 Å². The second-order valence-electron chi connectivity index (χ2n) is 6.24. The molecule has 2 rings (SSSR count). The highest BCUT2D eigenvalue weighted by Gasteiger charge is 2.12. The van der Waals surface area contributed by atoms with Crippen LogP contribution in [0.2, 0.25) is 0 Å². The average Bonchev–Trinajstić information content (AvgIpc) is 2.66. The molecule has 0 saturated heterocycles. The number of rotatable bonds is 9. The number of aromatic nitrogens is 2. The van der Waals surface area contributed by atoms with Crippen LogP contribution in [0.1, 0.15) is 35.7 Å². The zero-order valence-corrected chi connectivity index (χ0v) is 16.4. The predicted octanol–water partition coefficient (Wildman–Crippen LogP) is 1.65. The molecular formula is C18H25N5O3S. The molecule has 1 aromatic carbocycles. The normalized spacial score (nSPS) is 11.2. The van der Waals surface area contributed by atoms with Gasteiger partial charge in [0.05, 0.1) is 10.5 Å². The molecule has 0 spiro atoms. The van der Waals surface area contributed by atoms with Gasteiger partial charge in [-0.15, -0.1) is 0 Å². The van der Waals surface area contributed by atoms with Crippen LogP contribution in [0.3, 0.4) is 0 Å². The molecule has 0 atom stereocenters. The Balaban J connectivity index is 1.85. The first-order valence-electron chi connectivity index (χ1n) is 8.74. The van der Waals surface area contributed by atoms with Gasteiger partial charge in [0.2, 0.25) is 16.0 Å². The van der Waals surface area contributed by atoms with E-state index in [9.17, 15) is 13.2 Å². The van der Waals surface area contributed by atoms with Gasteiger partial charge in [-0.1, -0.05) is 25.5 Å². The second kappa shape index (κ2) is 9.43. The number of sulfonamides is 1. The van der Waals surface area contributed by atoms with Gasteiger partial charge in [-0.3, -0.25) is 4.79 Å². The number of hydrogen-bond donors (Lipinski definition) is 2. The van der Waals surface area contributed by atoms with E-state index >= 15 is 0 Å². The van der Waals surface area contributed by atoms with Crippen molar-refractivity contribution < 1.29 is 13.2 Å². The Labute approximate surface area is 159 Å². The third kappa shape index (κ3) is 6.30. The maximum absolute atomic E-state index is 12.2. The zero-order chi connectivity index (χ0) is 19.9. The lowest BCUT2D eigenvalue weighted by Crippen LogP contribution is -2.28. The first-order valence-corrected chi connectivity index (χ1v) is 10.3. The number of hydrogen-bond acceptors (Lipinski definition) is 6. The minimum Gasteiger partial charge on any atom is -0.354 e. The Morgan fingerprint density at radius 2 is 1.81 bits per heavy atom. The number of anilines is 1. The Morgan fingerprint density at radius 3 is 2.37 bits per heavy atom. The molecule has 0 aliphatic carbocycles. The van der Waals surface area contributed by atoms with E-state index < -0.39 is 10.0 Å². The molecule has 9 heteroatoms. The van der Waals surface area contributed by atoms with Crippen LogP contribution in [0, 0.1) is 0 Å². The Kier molecular flexibility index (Phi) is 7.26. The van der Waals surface area contributed by atoms with Gasteiger partial charge in [0.1, 0.15) is 0 Å². The minimum absolute atomic E-state index is 0.0895. The van der Waals surface area contributed by atoms with Crippen LogP contribution in [-0.4, -0.2) is 49.3 Å². The summed E-state index contributed by atoms with van der Waals surface area (Å²) in [5.41, 5.74) is 1.41. The topological polar surface area (TPSA) is 118 Å². The Morgan fingerprint density at radius 1 is 1.19 bits per heavy atom. The first kappa shape index (κ1) is 20.8. The lowest BCUT2D eigenvalue weighted by atomic mass is 10.1. The van der Waals surface area contributed by atoms with Gasteiger partial charge in [-0.05, 0) is 30.5 Å². The molecule has 3 N–H and O–H groups in total. The summed E-state index contributed by atoms with van der Waals surface area (Å²) < 4.78 is 22.5. The molecule has 0 radical (unpaired) electrons. The van der Waals surface area contributed by atoms with Crippen molar-refractivity contribution in [1.29, 1.82) is 0 Å². The average molecular weight is 391 g/mol. The first-order chi connectivity index (χ1) is 12.8. The molecule has 1 amide bonds. The lowest BCUT2D eigenvalue weighted by Gasteiger charge is -2.16. The number of benzene rings is 1. The summed E-state index contributed by atoms with van der Waals surface area (Å²) in [6, 6.07) is 6.40. The lowest BCUT2D eigenvalue weighted by molar-refractivity contribution is 0.0792. The third-order valence-corrected chi connectivity index (χ3v) is 4.97. The molecule has 0 unspecified atom stereocenters. The molecule has 0 aliphatic rings. The number of nitrogens with one attached hydrogen (secondary N) is 1. The van der Waals surface area contributed by atoms with Crippen molar-refractivity contribution in [2.75, 3.05) is 25.5 Å². The molecule has 0 fully saturated rings. The molecule has 0 saturated carbocycles. The summed E-state index contributed by atoms with van der Waals surface area (Å²) >= 11 is 0. The van der Waals surface area contributed by atoms with Gasteiger partial charge in [-0.2, -0.15) is 0 Å². The van der Waals surface area contributed by atoms with E-state index in [-0.39, 0.29) is 10.8 Å². The number of nitrogens with zero attached hydrogens (tertiary/aromatic N) is 3. The van der Waals surface area contributed by atoms with Crippen molar-refractivity contribution in [3.63, 3.8) is 0 Å². The molecule has 8 nitrogen and oxygen atoms in total. The maximum atomic E-state index is 12.2. The van der Waals surface area contributed by atoms with Crippen LogP contribution in [0.25, 0.3) is 0 Å². The summed E-state index contributed by atoms with van der Waals surface area (Å²) in [6.45, 7) is 3.36. The summed E-state index contributed by atoms with van der Waals surface area (Å²) in [4.78, 5) is 22.3. The van der Waals surface area contributed by atoms with Crippen molar-refractivity contribution >= 4 is 21.9 Å². The Bertz CT molecular complexity index is 852. The predicted molar refractivity (Wildman–Crippen MR) is 104 cm³/mol. The standard InChI is InChI=1S/C18H25N5O3S/c1-3-4-11-23(2)17(24)15-12-21-18(22-13-15)20-10-9-14-5-7-16(8-6-14)27(19,25)26/h5-8,12-13H,3-4,9-11H2,1-2H3,(H2,19,25,26)(H,20,21,22). The van der Waals surface area contributed by atoms with E-state index in [4.69, 9.17) is 5.14 Å². The van der Waals surface area contributed by atoms with E-state index in [0.717, 1.165) is 18.4 Å². The molecule has 27 heavy (non-hydrogen) atoms. The fourth-order valence-electron chi connectivity index (χ4n) is 2.41. The molecule has 0 aliphatic heterocycles. The van der Waals surface area contributed by atoms with E-state index in [0.29, 0.717) is 31.0 Å². The van der Waals surface area contributed by atoms with Crippen LogP contribution in [0.15, 0.2) is 41.6 Å². The fourth-order valence-corrected chi connectivity index (χ4v) is 2.93. The van der Waals surface area contributed by atoms with Gasteiger partial charge >= 0.3 is 0 Å². The van der Waals surface area contributed by atoms with Crippen LogP contribution < -0.4 is 10.5 Å². The van der Waals surface area contributed by atoms with Gasteiger partial charge in [0.15, 0.2) is 0 Å². The van der Waals surface area contributed by atoms with E-state index in [1.54, 1.807) is 24.1 Å². The molecule has 2 aromatic rings. The van der Waals surface area contributed by atoms with Crippen LogP contribution in [0.5, 0.6) is 0 Å². The molecular weight excluding hydrogens is 366 g/mol. The van der Waals surface area contributed by atoms with Gasteiger partial charge in [-0.25, -0.2) is 23.5 Å². The monoisotopic (exact) mass is 391 g/mol. The van der Waals surface area contributed by atoms with Crippen molar-refractivity contribution in [1.82, 2.24) is 14.9 Å². The van der Waals surface area contributed by atoms with Crippen LogP contribution in [-0.2, 0) is 16.4 Å². The summed E-state index contributed by atoms with van der Waals surface area (Å²) in [5.74, 6) is 0.342. The van der Waals surface area contributed by atoms with Gasteiger partial charge < -0.3 is 10.2 Å². The smallest absolute Gasteiger partial charge is 0.256 e.